The van der Waals surface area contributed by atoms with E-state index >= 15 is 0 Å². The number of likely N-dealkylation sites (N-methyl/N-ethyl adjacent to an activating group) is 1. The number of nitrogens with zero attached hydrogens (tertiary/aromatic N) is 1. The highest BCUT2D eigenvalue weighted by atomic mass is 19.2. The minimum atomic E-state index is -1.17. The molecule has 1 fully saturated rings. The first kappa shape index (κ1) is 12.4. The van der Waals surface area contributed by atoms with Gasteiger partial charge in [-0.2, -0.15) is 0 Å². The van der Waals surface area contributed by atoms with Gasteiger partial charge in [-0.15, -0.1) is 0 Å². The SMILES string of the molecule is CN(C1CC1)C(CN)c1cc(F)c(F)cc1F. The molecular formula is C12H15F3N2. The number of halogens is 3. The largest absolute Gasteiger partial charge is 0.329 e. The summed E-state index contributed by atoms with van der Waals surface area (Å²) >= 11 is 0. The van der Waals surface area contributed by atoms with Crippen LogP contribution in [0.3, 0.4) is 0 Å². The van der Waals surface area contributed by atoms with Crippen LogP contribution >= 0.6 is 0 Å². The summed E-state index contributed by atoms with van der Waals surface area (Å²) in [6, 6.07) is 1.45. The minimum Gasteiger partial charge on any atom is -0.329 e. The summed E-state index contributed by atoms with van der Waals surface area (Å²) in [6.45, 7) is 0.176. The van der Waals surface area contributed by atoms with Crippen LogP contribution in [0.5, 0.6) is 0 Å². The molecule has 1 saturated carbocycles. The highest BCUT2D eigenvalue weighted by molar-refractivity contribution is 5.24. The Kier molecular flexibility index (Phi) is 3.40. The van der Waals surface area contributed by atoms with Crippen LogP contribution in [-0.2, 0) is 0 Å². The monoisotopic (exact) mass is 244 g/mol. The molecule has 1 atom stereocenters. The van der Waals surface area contributed by atoms with Crippen molar-refractivity contribution in [2.75, 3.05) is 13.6 Å². The van der Waals surface area contributed by atoms with Crippen LogP contribution in [0, 0.1) is 17.5 Å². The van der Waals surface area contributed by atoms with Gasteiger partial charge >= 0.3 is 0 Å². The molecule has 2 nitrogen and oxygen atoms in total. The zero-order chi connectivity index (χ0) is 12.6. The Hall–Kier alpha value is -1.07. The van der Waals surface area contributed by atoms with E-state index in [1.807, 2.05) is 11.9 Å². The number of hydrogen-bond acceptors (Lipinski definition) is 2. The predicted molar refractivity (Wildman–Crippen MR) is 58.9 cm³/mol. The Morgan fingerprint density at radius 3 is 2.35 bits per heavy atom. The molecule has 0 radical (unpaired) electrons. The van der Waals surface area contributed by atoms with E-state index in [2.05, 4.69) is 0 Å². The molecule has 1 unspecified atom stereocenters. The Balaban J connectivity index is 2.32. The van der Waals surface area contributed by atoms with E-state index in [4.69, 9.17) is 5.73 Å². The van der Waals surface area contributed by atoms with Crippen LogP contribution in [0.4, 0.5) is 13.2 Å². The molecule has 1 aromatic carbocycles. The molecule has 0 amide bonds. The standard InChI is InChI=1S/C12H15F3N2/c1-17(7-2-3-7)12(6-16)8-4-10(14)11(15)5-9(8)13/h4-5,7,12H,2-3,6,16H2,1H3. The van der Waals surface area contributed by atoms with Crippen LogP contribution in [0.25, 0.3) is 0 Å². The van der Waals surface area contributed by atoms with Crippen molar-refractivity contribution in [3.05, 3.63) is 35.1 Å². The molecule has 0 spiro atoms. The van der Waals surface area contributed by atoms with Crippen LogP contribution in [0.2, 0.25) is 0 Å². The summed E-state index contributed by atoms with van der Waals surface area (Å²) in [4.78, 5) is 1.93. The van der Waals surface area contributed by atoms with E-state index in [9.17, 15) is 13.2 Å². The second kappa shape index (κ2) is 4.66. The number of rotatable bonds is 4. The molecule has 94 valence electrons. The van der Waals surface area contributed by atoms with E-state index in [0.29, 0.717) is 12.1 Å². The Labute approximate surface area is 98.2 Å². The van der Waals surface area contributed by atoms with Gasteiger partial charge in [0, 0.05) is 30.3 Å². The van der Waals surface area contributed by atoms with Crippen molar-refractivity contribution in [1.82, 2.24) is 4.90 Å². The van der Waals surface area contributed by atoms with Gasteiger partial charge in [0.1, 0.15) is 5.82 Å². The van der Waals surface area contributed by atoms with Gasteiger partial charge in [-0.25, -0.2) is 13.2 Å². The maximum Gasteiger partial charge on any atom is 0.161 e. The summed E-state index contributed by atoms with van der Waals surface area (Å²) in [7, 11) is 1.83. The van der Waals surface area contributed by atoms with Crippen LogP contribution in [-0.4, -0.2) is 24.5 Å². The van der Waals surface area contributed by atoms with Crippen molar-refractivity contribution < 1.29 is 13.2 Å². The van der Waals surface area contributed by atoms with E-state index in [1.165, 1.54) is 0 Å². The lowest BCUT2D eigenvalue weighted by molar-refractivity contribution is 0.234. The first-order valence-corrected chi connectivity index (χ1v) is 5.61. The molecule has 2 rings (SSSR count). The number of hydrogen-bond donors (Lipinski definition) is 1. The molecule has 1 aliphatic carbocycles. The van der Waals surface area contributed by atoms with Gasteiger partial charge < -0.3 is 5.73 Å². The fourth-order valence-electron chi connectivity index (χ4n) is 2.04. The smallest absolute Gasteiger partial charge is 0.161 e. The van der Waals surface area contributed by atoms with Gasteiger partial charge in [-0.1, -0.05) is 0 Å². The lowest BCUT2D eigenvalue weighted by atomic mass is 10.0. The maximum atomic E-state index is 13.6. The zero-order valence-corrected chi connectivity index (χ0v) is 9.59. The molecule has 0 aromatic heterocycles. The van der Waals surface area contributed by atoms with Crippen molar-refractivity contribution in [3.63, 3.8) is 0 Å². The molecule has 1 aliphatic rings. The van der Waals surface area contributed by atoms with Crippen molar-refractivity contribution in [2.45, 2.75) is 24.9 Å². The average molecular weight is 244 g/mol. The van der Waals surface area contributed by atoms with Crippen molar-refractivity contribution in [1.29, 1.82) is 0 Å². The van der Waals surface area contributed by atoms with Crippen LogP contribution in [0.1, 0.15) is 24.4 Å². The molecule has 17 heavy (non-hydrogen) atoms. The van der Waals surface area contributed by atoms with Crippen molar-refractivity contribution in [2.24, 2.45) is 5.73 Å². The van der Waals surface area contributed by atoms with Crippen LogP contribution < -0.4 is 5.73 Å². The lowest BCUT2D eigenvalue weighted by Crippen LogP contribution is -2.33. The van der Waals surface area contributed by atoms with Crippen LogP contribution in [0.15, 0.2) is 12.1 Å². The highest BCUT2D eigenvalue weighted by Crippen LogP contribution is 2.33. The molecule has 1 aromatic rings. The van der Waals surface area contributed by atoms with Gasteiger partial charge in [0.15, 0.2) is 11.6 Å². The predicted octanol–water partition coefficient (Wildman–Crippen LogP) is 2.20. The Morgan fingerprint density at radius 2 is 1.82 bits per heavy atom. The van der Waals surface area contributed by atoms with Gasteiger partial charge in [0.25, 0.3) is 0 Å². The van der Waals surface area contributed by atoms with Gasteiger partial charge in [-0.05, 0) is 26.0 Å². The van der Waals surface area contributed by atoms with Crippen molar-refractivity contribution >= 4 is 0 Å². The second-order valence-electron chi connectivity index (χ2n) is 4.44. The van der Waals surface area contributed by atoms with Crippen molar-refractivity contribution in [3.8, 4) is 0 Å². The first-order valence-electron chi connectivity index (χ1n) is 5.61. The van der Waals surface area contributed by atoms with E-state index in [0.717, 1.165) is 18.9 Å². The molecule has 0 saturated heterocycles. The van der Waals surface area contributed by atoms with Gasteiger partial charge in [-0.3, -0.25) is 4.90 Å². The third kappa shape index (κ3) is 2.45. The molecule has 0 bridgehead atoms. The molecule has 5 heteroatoms. The third-order valence-electron chi connectivity index (χ3n) is 3.24. The molecule has 0 heterocycles. The maximum absolute atomic E-state index is 13.6. The number of benzene rings is 1. The van der Waals surface area contributed by atoms with Gasteiger partial charge in [0.05, 0.1) is 0 Å². The summed E-state index contributed by atoms with van der Waals surface area (Å²) in [5.41, 5.74) is 5.73. The molecule has 2 N–H and O–H groups in total. The first-order chi connectivity index (χ1) is 8.04. The fourth-order valence-corrected chi connectivity index (χ4v) is 2.04. The highest BCUT2D eigenvalue weighted by Gasteiger charge is 2.32. The lowest BCUT2D eigenvalue weighted by Gasteiger charge is -2.27. The summed E-state index contributed by atoms with van der Waals surface area (Å²) in [5, 5.41) is 0. The second-order valence-corrected chi connectivity index (χ2v) is 4.44. The summed E-state index contributed by atoms with van der Waals surface area (Å²) < 4.78 is 39.6. The van der Waals surface area contributed by atoms with E-state index in [-0.39, 0.29) is 12.1 Å². The summed E-state index contributed by atoms with van der Waals surface area (Å²) in [5.74, 6) is -2.95. The topological polar surface area (TPSA) is 29.3 Å². The zero-order valence-electron chi connectivity index (χ0n) is 9.59. The normalized spacial score (nSPS) is 17.5. The fraction of sp³-hybridized carbons (Fsp3) is 0.500. The summed E-state index contributed by atoms with van der Waals surface area (Å²) in [6.07, 6.45) is 2.08. The van der Waals surface area contributed by atoms with E-state index < -0.39 is 23.5 Å². The minimum absolute atomic E-state index is 0.126. The Morgan fingerprint density at radius 1 is 1.24 bits per heavy atom. The number of nitrogens with two attached hydrogens (primary N) is 1. The van der Waals surface area contributed by atoms with Gasteiger partial charge in [0.2, 0.25) is 0 Å². The quantitative estimate of drug-likeness (QED) is 0.823. The molecular weight excluding hydrogens is 229 g/mol. The third-order valence-corrected chi connectivity index (χ3v) is 3.24. The Bertz CT molecular complexity index is 418. The van der Waals surface area contributed by atoms with E-state index in [1.54, 1.807) is 0 Å². The molecule has 0 aliphatic heterocycles. The average Bonchev–Trinajstić information content (AvgIpc) is 3.09.